The number of carbonyl (C=O) groups is 1. The lowest BCUT2D eigenvalue weighted by molar-refractivity contribution is 0.103. The van der Waals surface area contributed by atoms with Crippen LogP contribution in [0.1, 0.15) is 15.5 Å². The maximum absolute atomic E-state index is 12.1. The molecule has 0 aromatic carbocycles. The molecule has 9 heteroatoms. The predicted molar refractivity (Wildman–Crippen MR) is 74.4 cm³/mol. The van der Waals surface area contributed by atoms with Crippen molar-refractivity contribution in [3.05, 3.63) is 23.1 Å². The zero-order valence-corrected chi connectivity index (χ0v) is 11.4. The minimum atomic E-state index is -0.321. The van der Waals surface area contributed by atoms with Gasteiger partial charge in [0.25, 0.3) is 5.91 Å². The smallest absolute Gasteiger partial charge is 0.269 e. The number of hydrogen-bond acceptors (Lipinski definition) is 8. The Morgan fingerprint density at radius 2 is 2.16 bits per heavy atom. The first-order valence-electron chi connectivity index (χ1n) is 5.26. The normalized spacial score (nSPS) is 10.8. The van der Waals surface area contributed by atoms with E-state index in [1.165, 1.54) is 11.3 Å². The molecule has 0 saturated carbocycles. The van der Waals surface area contributed by atoms with Crippen molar-refractivity contribution in [2.75, 3.05) is 11.1 Å². The van der Waals surface area contributed by atoms with Crippen molar-refractivity contribution in [3.8, 4) is 0 Å². The lowest BCUT2D eigenvalue weighted by Crippen LogP contribution is -2.11. The van der Waals surface area contributed by atoms with Gasteiger partial charge in [0, 0.05) is 23.9 Å². The number of aromatic nitrogens is 4. The fourth-order valence-corrected chi connectivity index (χ4v) is 3.00. The van der Waals surface area contributed by atoms with E-state index in [4.69, 9.17) is 5.73 Å². The largest absolute Gasteiger partial charge is 0.396 e. The van der Waals surface area contributed by atoms with Gasteiger partial charge in [-0.3, -0.25) is 10.1 Å². The second-order valence-corrected chi connectivity index (χ2v) is 5.41. The molecule has 0 aliphatic carbocycles. The van der Waals surface area contributed by atoms with Crippen LogP contribution in [0.2, 0.25) is 0 Å². The van der Waals surface area contributed by atoms with Crippen LogP contribution in [0.5, 0.6) is 0 Å². The van der Waals surface area contributed by atoms with Gasteiger partial charge in [-0.1, -0.05) is 0 Å². The number of rotatable bonds is 2. The lowest BCUT2D eigenvalue weighted by Gasteiger charge is -1.98. The number of nitrogens with two attached hydrogens (primary N) is 1. The highest BCUT2D eigenvalue weighted by atomic mass is 32.1. The van der Waals surface area contributed by atoms with E-state index >= 15 is 0 Å². The van der Waals surface area contributed by atoms with Gasteiger partial charge in [-0.25, -0.2) is 15.0 Å². The van der Waals surface area contributed by atoms with Gasteiger partial charge in [0.15, 0.2) is 0 Å². The molecular weight excluding hydrogens is 284 g/mol. The summed E-state index contributed by atoms with van der Waals surface area (Å²) in [5, 5.41) is 3.11. The Balaban J connectivity index is 1.95. The maximum Gasteiger partial charge on any atom is 0.269 e. The average molecular weight is 292 g/mol. The summed E-state index contributed by atoms with van der Waals surface area (Å²) in [6, 6.07) is 0. The van der Waals surface area contributed by atoms with Crippen molar-refractivity contribution >= 4 is 49.9 Å². The summed E-state index contributed by atoms with van der Waals surface area (Å²) in [7, 11) is 0. The first kappa shape index (κ1) is 11.9. The number of carbonyl (C=O) groups excluding carboxylic acids is 1. The Morgan fingerprint density at radius 3 is 2.84 bits per heavy atom. The van der Waals surface area contributed by atoms with Crippen molar-refractivity contribution in [1.29, 1.82) is 0 Å². The standard InChI is InChI=1S/C10H8N6OS2/c1-4-14-10(19-16-4)15-8(17)7-5(11)6-9(18-7)13-3-2-12-6/h2-3H,11H2,1H3,(H,14,15,16,17). The molecule has 0 unspecified atom stereocenters. The average Bonchev–Trinajstić information content (AvgIpc) is 2.94. The summed E-state index contributed by atoms with van der Waals surface area (Å²) >= 11 is 2.33. The molecule has 7 nitrogen and oxygen atoms in total. The number of aryl methyl sites for hydroxylation is 1. The van der Waals surface area contributed by atoms with E-state index < -0.39 is 0 Å². The second kappa shape index (κ2) is 4.52. The van der Waals surface area contributed by atoms with Crippen molar-refractivity contribution in [1.82, 2.24) is 19.3 Å². The summed E-state index contributed by atoms with van der Waals surface area (Å²) in [4.78, 5) is 25.4. The van der Waals surface area contributed by atoms with E-state index in [1.54, 1.807) is 19.3 Å². The molecule has 3 rings (SSSR count). The van der Waals surface area contributed by atoms with Crippen molar-refractivity contribution in [2.24, 2.45) is 0 Å². The highest BCUT2D eigenvalue weighted by molar-refractivity contribution is 7.21. The van der Waals surface area contributed by atoms with E-state index in [0.29, 0.717) is 31.9 Å². The van der Waals surface area contributed by atoms with Gasteiger partial charge in [-0.2, -0.15) is 4.37 Å². The van der Waals surface area contributed by atoms with Crippen LogP contribution in [0, 0.1) is 6.92 Å². The van der Waals surface area contributed by atoms with Crippen LogP contribution in [-0.2, 0) is 0 Å². The second-order valence-electron chi connectivity index (χ2n) is 3.66. The van der Waals surface area contributed by atoms with Crippen molar-refractivity contribution in [3.63, 3.8) is 0 Å². The zero-order valence-electron chi connectivity index (χ0n) is 9.75. The number of nitrogens with zero attached hydrogens (tertiary/aromatic N) is 4. The molecule has 1 amide bonds. The lowest BCUT2D eigenvalue weighted by atomic mass is 10.3. The minimum absolute atomic E-state index is 0.321. The van der Waals surface area contributed by atoms with Gasteiger partial charge < -0.3 is 5.73 Å². The number of hydrogen-bond donors (Lipinski definition) is 2. The monoisotopic (exact) mass is 292 g/mol. The van der Waals surface area contributed by atoms with Crippen LogP contribution in [0.3, 0.4) is 0 Å². The molecule has 0 saturated heterocycles. The van der Waals surface area contributed by atoms with Crippen LogP contribution >= 0.6 is 22.9 Å². The van der Waals surface area contributed by atoms with Crippen LogP contribution in [-0.4, -0.2) is 25.2 Å². The Bertz CT molecular complexity index is 764. The molecule has 3 aromatic rings. The van der Waals surface area contributed by atoms with Gasteiger partial charge in [0.2, 0.25) is 5.13 Å². The molecule has 0 aliphatic rings. The van der Waals surface area contributed by atoms with E-state index in [0.717, 1.165) is 11.5 Å². The van der Waals surface area contributed by atoms with Crippen LogP contribution < -0.4 is 11.1 Å². The number of amides is 1. The first-order valence-corrected chi connectivity index (χ1v) is 6.85. The van der Waals surface area contributed by atoms with Gasteiger partial charge in [-0.05, 0) is 6.92 Å². The molecule has 0 radical (unpaired) electrons. The molecule has 0 atom stereocenters. The van der Waals surface area contributed by atoms with Crippen molar-refractivity contribution in [2.45, 2.75) is 6.92 Å². The fraction of sp³-hybridized carbons (Fsp3) is 0.100. The van der Waals surface area contributed by atoms with E-state index in [2.05, 4.69) is 24.6 Å². The third-order valence-corrected chi connectivity index (χ3v) is 4.14. The number of nitrogens with one attached hydrogen (secondary N) is 1. The Hall–Kier alpha value is -2.13. The molecule has 3 heterocycles. The third-order valence-electron chi connectivity index (χ3n) is 2.32. The van der Waals surface area contributed by atoms with Gasteiger partial charge >= 0.3 is 0 Å². The Morgan fingerprint density at radius 1 is 1.37 bits per heavy atom. The molecule has 3 N–H and O–H groups in total. The molecule has 96 valence electrons. The minimum Gasteiger partial charge on any atom is -0.396 e. The summed E-state index contributed by atoms with van der Waals surface area (Å²) in [6.45, 7) is 1.76. The molecule has 0 bridgehead atoms. The van der Waals surface area contributed by atoms with Gasteiger partial charge in [0.1, 0.15) is 21.0 Å². The number of anilines is 2. The summed E-state index contributed by atoms with van der Waals surface area (Å²) in [5.41, 5.74) is 6.80. The molecule has 0 aliphatic heterocycles. The maximum atomic E-state index is 12.1. The predicted octanol–water partition coefficient (Wildman–Crippen LogP) is 1.69. The molecule has 0 fully saturated rings. The fourth-order valence-electron chi connectivity index (χ4n) is 1.51. The number of thiophene rings is 1. The molecule has 3 aromatic heterocycles. The summed E-state index contributed by atoms with van der Waals surface area (Å²) in [6.07, 6.45) is 3.11. The van der Waals surface area contributed by atoms with E-state index in [9.17, 15) is 4.79 Å². The highest BCUT2D eigenvalue weighted by Gasteiger charge is 2.18. The number of fused-ring (bicyclic) bond motifs is 1. The van der Waals surface area contributed by atoms with Gasteiger partial charge in [-0.15, -0.1) is 11.3 Å². The van der Waals surface area contributed by atoms with E-state index in [-0.39, 0.29) is 5.91 Å². The third kappa shape index (κ3) is 2.13. The van der Waals surface area contributed by atoms with Crippen LogP contribution in [0.25, 0.3) is 10.3 Å². The van der Waals surface area contributed by atoms with Crippen LogP contribution in [0.15, 0.2) is 12.4 Å². The van der Waals surface area contributed by atoms with E-state index in [1.807, 2.05) is 0 Å². The van der Waals surface area contributed by atoms with Crippen molar-refractivity contribution < 1.29 is 4.79 Å². The van der Waals surface area contributed by atoms with Gasteiger partial charge in [0.05, 0.1) is 5.69 Å². The summed E-state index contributed by atoms with van der Waals surface area (Å²) < 4.78 is 3.99. The molecule has 19 heavy (non-hydrogen) atoms. The number of nitrogen functional groups attached to an aromatic ring is 1. The Kier molecular flexibility index (Phi) is 2.84. The Labute approximate surface area is 115 Å². The quantitative estimate of drug-likeness (QED) is 0.744. The molecular formula is C10H8N6OS2. The van der Waals surface area contributed by atoms with Crippen LogP contribution in [0.4, 0.5) is 10.8 Å². The highest BCUT2D eigenvalue weighted by Crippen LogP contribution is 2.31. The zero-order chi connectivity index (χ0) is 13.4. The SMILES string of the molecule is Cc1nsc(NC(=O)c2sc3nccnc3c2N)n1. The summed E-state index contributed by atoms with van der Waals surface area (Å²) in [5.74, 6) is 0.298. The molecule has 0 spiro atoms. The topological polar surface area (TPSA) is 107 Å². The first-order chi connectivity index (χ1) is 9.15.